The molecule has 2 aliphatic heterocycles. The molecule has 0 spiro atoms. The summed E-state index contributed by atoms with van der Waals surface area (Å²) in [5, 5.41) is 3.69. The highest BCUT2D eigenvalue weighted by Crippen LogP contribution is 2.29. The maximum atomic E-state index is 12.8. The summed E-state index contributed by atoms with van der Waals surface area (Å²) in [5.41, 5.74) is 0. The van der Waals surface area contributed by atoms with Crippen molar-refractivity contribution in [2.24, 2.45) is 0 Å². The smallest absolute Gasteiger partial charge is 0.123 e. The molecule has 3 rings (SSSR count). The molecular formula is C17H25FN2O. The van der Waals surface area contributed by atoms with Crippen molar-refractivity contribution in [1.29, 1.82) is 0 Å². The van der Waals surface area contributed by atoms with Crippen LogP contribution in [0.4, 0.5) is 4.39 Å². The zero-order chi connectivity index (χ0) is 14.7. The molecule has 3 nitrogen and oxygen atoms in total. The number of ether oxygens (including phenoxy) is 1. The average Bonchev–Trinajstić information content (AvgIpc) is 2.83. The lowest BCUT2D eigenvalue weighted by Crippen LogP contribution is -2.47. The highest BCUT2D eigenvalue weighted by atomic mass is 19.1. The van der Waals surface area contributed by atoms with Crippen molar-refractivity contribution in [1.82, 2.24) is 10.2 Å². The fourth-order valence-electron chi connectivity index (χ4n) is 3.60. The van der Waals surface area contributed by atoms with E-state index in [0.717, 1.165) is 36.8 Å². The van der Waals surface area contributed by atoms with Gasteiger partial charge in [-0.3, -0.25) is 0 Å². The molecule has 2 saturated heterocycles. The molecule has 0 saturated carbocycles. The number of hydrogen-bond donors (Lipinski definition) is 1. The van der Waals surface area contributed by atoms with Crippen LogP contribution in [-0.2, 0) is 0 Å². The standard InChI is InChI=1S/C17H25FN2O/c1-20(16-11-14-5-6-15(12-16)19-14)9-2-10-21-17-7-3-13(18)4-8-17/h3-4,7-8,14-16,19H,2,5-6,9-12H2,1H3. The van der Waals surface area contributed by atoms with Gasteiger partial charge in [-0.1, -0.05) is 0 Å². The Bertz CT molecular complexity index is 439. The molecule has 21 heavy (non-hydrogen) atoms. The molecule has 2 atom stereocenters. The fraction of sp³-hybridized carbons (Fsp3) is 0.647. The van der Waals surface area contributed by atoms with Crippen LogP contribution < -0.4 is 10.1 Å². The van der Waals surface area contributed by atoms with Gasteiger partial charge >= 0.3 is 0 Å². The van der Waals surface area contributed by atoms with Crippen molar-refractivity contribution in [3.63, 3.8) is 0 Å². The number of benzene rings is 1. The molecule has 4 heteroatoms. The van der Waals surface area contributed by atoms with Gasteiger partial charge in [0.1, 0.15) is 11.6 Å². The van der Waals surface area contributed by atoms with Crippen molar-refractivity contribution in [3.8, 4) is 5.75 Å². The Morgan fingerprint density at radius 2 is 1.86 bits per heavy atom. The van der Waals surface area contributed by atoms with E-state index in [-0.39, 0.29) is 5.82 Å². The van der Waals surface area contributed by atoms with Gasteiger partial charge in [-0.2, -0.15) is 0 Å². The molecule has 116 valence electrons. The van der Waals surface area contributed by atoms with E-state index in [1.807, 2.05) is 0 Å². The minimum absolute atomic E-state index is 0.220. The first-order valence-electron chi connectivity index (χ1n) is 8.05. The van der Waals surface area contributed by atoms with E-state index < -0.39 is 0 Å². The normalized spacial score (nSPS) is 28.0. The van der Waals surface area contributed by atoms with Gasteiger partial charge in [-0.15, -0.1) is 0 Å². The number of rotatable bonds is 6. The van der Waals surface area contributed by atoms with Crippen LogP contribution in [0.5, 0.6) is 5.75 Å². The van der Waals surface area contributed by atoms with Gasteiger partial charge in [0.05, 0.1) is 6.61 Å². The first-order valence-corrected chi connectivity index (χ1v) is 8.05. The van der Waals surface area contributed by atoms with Gasteiger partial charge in [0, 0.05) is 24.7 Å². The monoisotopic (exact) mass is 292 g/mol. The first kappa shape index (κ1) is 14.8. The van der Waals surface area contributed by atoms with Crippen LogP contribution in [0.25, 0.3) is 0 Å². The zero-order valence-corrected chi connectivity index (χ0v) is 12.7. The van der Waals surface area contributed by atoms with Crippen LogP contribution in [0.2, 0.25) is 0 Å². The third-order valence-electron chi connectivity index (χ3n) is 4.81. The Balaban J connectivity index is 1.36. The second kappa shape index (κ2) is 6.75. The molecule has 2 bridgehead atoms. The number of nitrogens with one attached hydrogen (secondary N) is 1. The molecular weight excluding hydrogens is 267 g/mol. The molecule has 2 aliphatic rings. The number of hydrogen-bond acceptors (Lipinski definition) is 3. The third kappa shape index (κ3) is 3.95. The SMILES string of the molecule is CN(CCCOc1ccc(F)cc1)C1CC2CCC(C1)N2. The summed E-state index contributed by atoms with van der Waals surface area (Å²) >= 11 is 0. The minimum Gasteiger partial charge on any atom is -0.494 e. The first-order chi connectivity index (χ1) is 10.2. The lowest BCUT2D eigenvalue weighted by Gasteiger charge is -2.35. The molecule has 0 amide bonds. The van der Waals surface area contributed by atoms with Gasteiger partial charge in [-0.05, 0) is 63.4 Å². The van der Waals surface area contributed by atoms with Gasteiger partial charge in [-0.25, -0.2) is 4.39 Å². The molecule has 0 aromatic heterocycles. The predicted octanol–water partition coefficient (Wildman–Crippen LogP) is 2.81. The summed E-state index contributed by atoms with van der Waals surface area (Å²) in [5.74, 6) is 0.529. The van der Waals surface area contributed by atoms with E-state index in [1.54, 1.807) is 12.1 Å². The zero-order valence-electron chi connectivity index (χ0n) is 12.7. The Hall–Kier alpha value is -1.13. The molecule has 1 aromatic carbocycles. The van der Waals surface area contributed by atoms with Crippen LogP contribution in [-0.4, -0.2) is 43.2 Å². The molecule has 2 heterocycles. The Morgan fingerprint density at radius 3 is 2.52 bits per heavy atom. The highest BCUT2D eigenvalue weighted by molar-refractivity contribution is 5.21. The van der Waals surface area contributed by atoms with E-state index in [9.17, 15) is 4.39 Å². The third-order valence-corrected chi connectivity index (χ3v) is 4.81. The molecule has 2 unspecified atom stereocenters. The van der Waals surface area contributed by atoms with Crippen molar-refractivity contribution in [2.45, 2.75) is 50.2 Å². The highest BCUT2D eigenvalue weighted by Gasteiger charge is 2.34. The predicted molar refractivity (Wildman–Crippen MR) is 82.1 cm³/mol. The number of piperidine rings is 1. The second-order valence-corrected chi connectivity index (χ2v) is 6.40. The number of halogens is 1. The second-order valence-electron chi connectivity index (χ2n) is 6.40. The van der Waals surface area contributed by atoms with Crippen molar-refractivity contribution in [3.05, 3.63) is 30.1 Å². The summed E-state index contributed by atoms with van der Waals surface area (Å²) in [6.07, 6.45) is 6.27. The summed E-state index contributed by atoms with van der Waals surface area (Å²) < 4.78 is 18.4. The maximum absolute atomic E-state index is 12.8. The number of fused-ring (bicyclic) bond motifs is 2. The Labute approximate surface area is 126 Å². The van der Waals surface area contributed by atoms with E-state index in [0.29, 0.717) is 6.61 Å². The van der Waals surface area contributed by atoms with Gasteiger partial charge in [0.15, 0.2) is 0 Å². The van der Waals surface area contributed by atoms with Gasteiger partial charge in [0.25, 0.3) is 0 Å². The summed E-state index contributed by atoms with van der Waals surface area (Å²) in [6, 6.07) is 8.44. The van der Waals surface area contributed by atoms with Crippen LogP contribution in [0, 0.1) is 5.82 Å². The molecule has 1 N–H and O–H groups in total. The molecule has 1 aromatic rings. The van der Waals surface area contributed by atoms with E-state index in [4.69, 9.17) is 4.74 Å². The molecule has 2 fully saturated rings. The van der Waals surface area contributed by atoms with Crippen molar-refractivity contribution < 1.29 is 9.13 Å². The van der Waals surface area contributed by atoms with Crippen LogP contribution in [0.1, 0.15) is 32.1 Å². The average molecular weight is 292 g/mol. The van der Waals surface area contributed by atoms with Crippen LogP contribution in [0.3, 0.4) is 0 Å². The number of nitrogens with zero attached hydrogens (tertiary/aromatic N) is 1. The summed E-state index contributed by atoms with van der Waals surface area (Å²) in [4.78, 5) is 2.49. The Morgan fingerprint density at radius 1 is 1.19 bits per heavy atom. The van der Waals surface area contributed by atoms with Crippen LogP contribution >= 0.6 is 0 Å². The van der Waals surface area contributed by atoms with Gasteiger partial charge < -0.3 is 15.0 Å². The topological polar surface area (TPSA) is 24.5 Å². The summed E-state index contributed by atoms with van der Waals surface area (Å²) in [6.45, 7) is 1.75. The van der Waals surface area contributed by atoms with E-state index >= 15 is 0 Å². The van der Waals surface area contributed by atoms with E-state index in [1.165, 1.54) is 37.8 Å². The maximum Gasteiger partial charge on any atom is 0.123 e. The van der Waals surface area contributed by atoms with Crippen molar-refractivity contribution >= 4 is 0 Å². The quantitative estimate of drug-likeness (QED) is 0.816. The molecule has 0 radical (unpaired) electrons. The minimum atomic E-state index is -0.220. The summed E-state index contributed by atoms with van der Waals surface area (Å²) in [7, 11) is 2.23. The fourth-order valence-corrected chi connectivity index (χ4v) is 3.60. The van der Waals surface area contributed by atoms with Crippen molar-refractivity contribution in [2.75, 3.05) is 20.2 Å². The Kier molecular flexibility index (Phi) is 4.76. The lowest BCUT2D eigenvalue weighted by molar-refractivity contribution is 0.161. The lowest BCUT2D eigenvalue weighted by atomic mass is 9.98. The van der Waals surface area contributed by atoms with Gasteiger partial charge in [0.2, 0.25) is 0 Å². The van der Waals surface area contributed by atoms with Crippen LogP contribution in [0.15, 0.2) is 24.3 Å². The van der Waals surface area contributed by atoms with E-state index in [2.05, 4.69) is 17.3 Å². The largest absolute Gasteiger partial charge is 0.494 e. The molecule has 0 aliphatic carbocycles.